The minimum Gasteiger partial charge on any atom is -0.445 e. The predicted octanol–water partition coefficient (Wildman–Crippen LogP) is 2.88. The Hall–Kier alpha value is -1.16. The van der Waals surface area contributed by atoms with E-state index in [2.05, 4.69) is 45.2 Å². The van der Waals surface area contributed by atoms with E-state index >= 15 is 0 Å². The average molecular weight is 419 g/mol. The van der Waals surface area contributed by atoms with Gasteiger partial charge < -0.3 is 9.16 Å². The van der Waals surface area contributed by atoms with Crippen LogP contribution in [-0.2, 0) is 19.2 Å². The highest BCUT2D eigenvalue weighted by molar-refractivity contribution is 7.88. The number of carbonyl (C=O) groups is 1. The Morgan fingerprint density at radius 2 is 2.00 bits per heavy atom. The van der Waals surface area contributed by atoms with Gasteiger partial charge in [0.2, 0.25) is 10.0 Å². The second kappa shape index (κ2) is 9.36. The maximum Gasteiger partial charge on any atom is 0.410 e. The second-order valence-electron chi connectivity index (χ2n) is 8.37. The third-order valence-corrected chi connectivity index (χ3v) is 10.2. The van der Waals surface area contributed by atoms with Crippen LogP contribution in [0.25, 0.3) is 0 Å². The Morgan fingerprint density at radius 1 is 1.37 bits per heavy atom. The number of carbonyl (C=O) groups excluding carboxylic acids is 1. The van der Waals surface area contributed by atoms with Crippen LogP contribution in [0.2, 0.25) is 18.1 Å². The van der Waals surface area contributed by atoms with Crippen LogP contribution in [-0.4, -0.2) is 65.8 Å². The smallest absolute Gasteiger partial charge is 0.410 e. The lowest BCUT2D eigenvalue weighted by Gasteiger charge is -2.38. The molecule has 1 rings (SSSR count). The van der Waals surface area contributed by atoms with Gasteiger partial charge in [-0.15, -0.1) is 0 Å². The lowest BCUT2D eigenvalue weighted by atomic mass is 10.2. The normalized spacial score (nSPS) is 21.6. The molecule has 0 spiro atoms. The van der Waals surface area contributed by atoms with Gasteiger partial charge in [0, 0.05) is 13.1 Å². The largest absolute Gasteiger partial charge is 0.445 e. The summed E-state index contributed by atoms with van der Waals surface area (Å²) in [6.45, 7) is 15.3. The van der Waals surface area contributed by atoms with Crippen LogP contribution in [0.15, 0.2) is 24.8 Å². The van der Waals surface area contributed by atoms with Crippen LogP contribution in [0, 0.1) is 0 Å². The average Bonchev–Trinajstić information content (AvgIpc) is 2.89. The van der Waals surface area contributed by atoms with Gasteiger partial charge in [0.15, 0.2) is 8.32 Å². The van der Waals surface area contributed by atoms with Crippen LogP contribution >= 0.6 is 0 Å². The lowest BCUT2D eigenvalue weighted by molar-refractivity contribution is 0.108. The number of ether oxygens (including phenoxy) is 1. The minimum atomic E-state index is -3.25. The van der Waals surface area contributed by atoms with Crippen molar-refractivity contribution in [3.05, 3.63) is 24.8 Å². The summed E-state index contributed by atoms with van der Waals surface area (Å²) < 4.78 is 36.4. The van der Waals surface area contributed by atoms with E-state index in [1.165, 1.54) is 6.08 Å². The molecule has 1 saturated heterocycles. The van der Waals surface area contributed by atoms with Gasteiger partial charge >= 0.3 is 6.09 Å². The molecule has 2 unspecified atom stereocenters. The topological polar surface area (TPSA) is 84.9 Å². The highest BCUT2D eigenvalue weighted by Gasteiger charge is 2.43. The first kappa shape index (κ1) is 23.9. The van der Waals surface area contributed by atoms with Crippen molar-refractivity contribution < 1.29 is 22.4 Å². The fourth-order valence-electron chi connectivity index (χ4n) is 2.53. The molecule has 1 heterocycles. The summed E-state index contributed by atoms with van der Waals surface area (Å²) >= 11 is 0. The third-order valence-electron chi connectivity index (χ3n) is 4.95. The van der Waals surface area contributed by atoms with Gasteiger partial charge in [-0.2, -0.15) is 0 Å². The monoisotopic (exact) mass is 418 g/mol. The lowest BCUT2D eigenvalue weighted by Crippen LogP contribution is -2.44. The molecule has 0 aromatic rings. The molecule has 0 radical (unpaired) electrons. The number of hydrogen-bond donors (Lipinski definition) is 1. The molecule has 0 bridgehead atoms. The first-order chi connectivity index (χ1) is 12.3. The van der Waals surface area contributed by atoms with Crippen LogP contribution in [0.5, 0.6) is 0 Å². The summed E-state index contributed by atoms with van der Waals surface area (Å²) in [5.74, 6) is 0. The van der Waals surface area contributed by atoms with Crippen molar-refractivity contribution in [2.45, 2.75) is 57.5 Å². The third kappa shape index (κ3) is 7.77. The molecule has 0 aromatic heterocycles. The molecule has 0 aromatic carbocycles. The molecule has 1 aliphatic heterocycles. The van der Waals surface area contributed by atoms with Crippen molar-refractivity contribution in [1.82, 2.24) is 9.62 Å². The van der Waals surface area contributed by atoms with Crippen molar-refractivity contribution in [3.63, 3.8) is 0 Å². The first-order valence-electron chi connectivity index (χ1n) is 9.10. The fraction of sp³-hybridized carbons (Fsp3) is 0.722. The van der Waals surface area contributed by atoms with Crippen LogP contribution in [0.4, 0.5) is 4.79 Å². The van der Waals surface area contributed by atoms with Crippen molar-refractivity contribution in [3.8, 4) is 0 Å². The summed E-state index contributed by atoms with van der Waals surface area (Å²) in [5, 5.41) is 0.0779. The van der Waals surface area contributed by atoms with Crippen molar-refractivity contribution in [2.75, 3.05) is 26.0 Å². The van der Waals surface area contributed by atoms with Crippen molar-refractivity contribution in [1.29, 1.82) is 0 Å². The van der Waals surface area contributed by atoms with E-state index in [9.17, 15) is 13.2 Å². The van der Waals surface area contributed by atoms with Crippen LogP contribution in [0.1, 0.15) is 27.2 Å². The van der Waals surface area contributed by atoms with Gasteiger partial charge in [-0.3, -0.25) is 4.90 Å². The Kier molecular flexibility index (Phi) is 8.27. The number of hydrogen-bond acceptors (Lipinski definition) is 5. The first-order valence-corrected chi connectivity index (χ1v) is 13.9. The predicted molar refractivity (Wildman–Crippen MR) is 111 cm³/mol. The minimum absolute atomic E-state index is 0.0697. The zero-order valence-electron chi connectivity index (χ0n) is 17.3. The molecule has 1 N–H and O–H groups in total. The summed E-state index contributed by atoms with van der Waals surface area (Å²) in [5.41, 5.74) is 0. The van der Waals surface area contributed by atoms with E-state index in [1.807, 2.05) is 6.08 Å². The summed E-state index contributed by atoms with van der Waals surface area (Å²) in [4.78, 5) is 14.0. The Bertz CT molecular complexity index is 655. The van der Waals surface area contributed by atoms with Gasteiger partial charge in [-0.1, -0.05) is 45.6 Å². The molecule has 9 heteroatoms. The molecule has 2 atom stereocenters. The Labute approximate surface area is 165 Å². The zero-order chi connectivity index (χ0) is 20.9. The van der Waals surface area contributed by atoms with E-state index in [4.69, 9.17) is 9.16 Å². The molecular weight excluding hydrogens is 384 g/mol. The van der Waals surface area contributed by atoms with E-state index in [0.29, 0.717) is 13.0 Å². The number of rotatable bonds is 8. The van der Waals surface area contributed by atoms with Crippen molar-refractivity contribution >= 4 is 24.4 Å². The molecule has 0 aliphatic carbocycles. The molecule has 1 aliphatic rings. The summed E-state index contributed by atoms with van der Waals surface area (Å²) in [6.07, 6.45) is 6.36. The maximum atomic E-state index is 12.4. The summed E-state index contributed by atoms with van der Waals surface area (Å²) in [6, 6.07) is -0.196. The highest BCUT2D eigenvalue weighted by atomic mass is 32.2. The SMILES string of the molecule is C=CCOC(=O)N1CC(O[Si](C)(C)C(C)(C)C)CC1/C=C\CNS(C)(=O)=O. The fourth-order valence-corrected chi connectivity index (χ4v) is 4.29. The van der Waals surface area contributed by atoms with E-state index in [0.717, 1.165) is 6.26 Å². The van der Waals surface area contributed by atoms with E-state index in [-0.39, 0.29) is 30.3 Å². The van der Waals surface area contributed by atoms with Crippen LogP contribution < -0.4 is 4.72 Å². The van der Waals surface area contributed by atoms with Gasteiger partial charge in [0.1, 0.15) is 6.61 Å². The van der Waals surface area contributed by atoms with Gasteiger partial charge in [-0.05, 0) is 24.6 Å². The Morgan fingerprint density at radius 3 is 2.52 bits per heavy atom. The maximum absolute atomic E-state index is 12.4. The quantitative estimate of drug-likeness (QED) is 0.484. The van der Waals surface area contributed by atoms with E-state index < -0.39 is 24.4 Å². The number of likely N-dealkylation sites (tertiary alicyclic amines) is 1. The molecule has 156 valence electrons. The van der Waals surface area contributed by atoms with Crippen LogP contribution in [0.3, 0.4) is 0 Å². The molecule has 7 nitrogen and oxygen atoms in total. The molecule has 1 fully saturated rings. The Balaban J connectivity index is 2.85. The molecular formula is C18H34N2O5SSi. The van der Waals surface area contributed by atoms with Crippen molar-refractivity contribution in [2.24, 2.45) is 0 Å². The zero-order valence-corrected chi connectivity index (χ0v) is 19.1. The van der Waals surface area contributed by atoms with E-state index in [1.54, 1.807) is 11.0 Å². The number of nitrogens with one attached hydrogen (secondary N) is 1. The molecule has 1 amide bonds. The number of amides is 1. The number of sulfonamides is 1. The molecule has 0 saturated carbocycles. The molecule has 27 heavy (non-hydrogen) atoms. The van der Waals surface area contributed by atoms with Gasteiger partial charge in [0.05, 0.1) is 18.4 Å². The summed E-state index contributed by atoms with van der Waals surface area (Å²) in [7, 11) is -5.21. The second-order valence-corrected chi connectivity index (χ2v) is 15.0. The highest BCUT2D eigenvalue weighted by Crippen LogP contribution is 2.39. The van der Waals surface area contributed by atoms with Gasteiger partial charge in [-0.25, -0.2) is 17.9 Å². The standard InChI is InChI=1S/C18H34N2O5SSi/c1-8-12-24-17(21)20-14-16(25-27(6,7)18(2,3)4)13-15(20)10-9-11-19-26(5,22)23/h8-10,15-16,19H,1,11-14H2,2-7H3/b10-9-. The van der Waals surface area contributed by atoms with Gasteiger partial charge in [0.25, 0.3) is 0 Å². The number of nitrogens with zero attached hydrogens (tertiary/aromatic N) is 1.